The van der Waals surface area contributed by atoms with E-state index in [1.807, 2.05) is 0 Å². The molecule has 5 nitrogen and oxygen atoms in total. The molecule has 1 rings (SSSR count). The van der Waals surface area contributed by atoms with E-state index in [1.54, 1.807) is 11.4 Å². The lowest BCUT2D eigenvalue weighted by atomic mass is 10.4. The molecule has 0 aliphatic rings. The third kappa shape index (κ3) is 3.09. The summed E-state index contributed by atoms with van der Waals surface area (Å²) in [6.07, 6.45) is 0.00457. The quantitative estimate of drug-likeness (QED) is 0.745. The number of carbonyl (C=O) groups is 1. The van der Waals surface area contributed by atoms with E-state index in [9.17, 15) is 13.2 Å². The molecule has 0 fully saturated rings. The molecule has 0 aliphatic heterocycles. The van der Waals surface area contributed by atoms with Crippen molar-refractivity contribution in [1.82, 2.24) is 4.72 Å². The molecule has 1 amide bonds. The van der Waals surface area contributed by atoms with Crippen LogP contribution in [0, 0.1) is 0 Å². The van der Waals surface area contributed by atoms with Crippen LogP contribution in [0.1, 0.15) is 6.42 Å². The third-order valence-corrected chi connectivity index (χ3v) is 4.28. The maximum absolute atomic E-state index is 11.4. The number of primary amides is 1. The average Bonchev–Trinajstić information content (AvgIpc) is 2.54. The molecule has 78 valence electrons. The van der Waals surface area contributed by atoms with Crippen molar-refractivity contribution in [3.63, 3.8) is 0 Å². The first-order chi connectivity index (χ1) is 6.52. The van der Waals surface area contributed by atoms with Crippen LogP contribution in [0.3, 0.4) is 0 Å². The summed E-state index contributed by atoms with van der Waals surface area (Å²) in [4.78, 5) is 10.4. The zero-order valence-corrected chi connectivity index (χ0v) is 8.90. The molecule has 1 aromatic heterocycles. The van der Waals surface area contributed by atoms with Gasteiger partial charge in [0, 0.05) is 13.0 Å². The summed E-state index contributed by atoms with van der Waals surface area (Å²) in [6, 6.07) is 3.14. The summed E-state index contributed by atoms with van der Waals surface area (Å²) in [5.74, 6) is -0.529. The molecule has 1 aromatic rings. The van der Waals surface area contributed by atoms with Crippen molar-refractivity contribution >= 4 is 27.3 Å². The fourth-order valence-electron chi connectivity index (χ4n) is 0.796. The van der Waals surface area contributed by atoms with Crippen LogP contribution in [0.15, 0.2) is 21.7 Å². The Balaban J connectivity index is 2.56. The average molecular weight is 234 g/mol. The highest BCUT2D eigenvalue weighted by molar-refractivity contribution is 7.91. The molecule has 14 heavy (non-hydrogen) atoms. The van der Waals surface area contributed by atoms with E-state index in [-0.39, 0.29) is 17.2 Å². The first-order valence-corrected chi connectivity index (χ1v) is 6.20. The minimum absolute atomic E-state index is 0.00457. The van der Waals surface area contributed by atoms with E-state index >= 15 is 0 Å². The van der Waals surface area contributed by atoms with Crippen LogP contribution >= 0.6 is 11.3 Å². The molecule has 0 aromatic carbocycles. The summed E-state index contributed by atoms with van der Waals surface area (Å²) in [5.41, 5.74) is 4.87. The predicted molar refractivity (Wildman–Crippen MR) is 53.3 cm³/mol. The topological polar surface area (TPSA) is 89.3 Å². The Morgan fingerprint density at radius 2 is 2.29 bits per heavy atom. The lowest BCUT2D eigenvalue weighted by Crippen LogP contribution is -2.27. The standard InChI is InChI=1S/C7H10N2O3S2/c8-6(10)3-4-9-14(11,12)7-2-1-5-13-7/h1-2,5,9H,3-4H2,(H2,8,10). The monoisotopic (exact) mass is 234 g/mol. The van der Waals surface area contributed by atoms with Gasteiger partial charge in [0.1, 0.15) is 4.21 Å². The van der Waals surface area contributed by atoms with Gasteiger partial charge in [-0.25, -0.2) is 13.1 Å². The van der Waals surface area contributed by atoms with Gasteiger partial charge in [0.05, 0.1) is 0 Å². The van der Waals surface area contributed by atoms with Crippen molar-refractivity contribution in [3.05, 3.63) is 17.5 Å². The highest BCUT2D eigenvalue weighted by Gasteiger charge is 2.13. The summed E-state index contributed by atoms with van der Waals surface area (Å²) >= 11 is 1.12. The fourth-order valence-corrected chi connectivity index (χ4v) is 2.87. The fraction of sp³-hybridized carbons (Fsp3) is 0.286. The Labute approximate surface area is 86.0 Å². The molecule has 0 radical (unpaired) electrons. The first-order valence-electron chi connectivity index (χ1n) is 3.84. The van der Waals surface area contributed by atoms with Crippen LogP contribution in [-0.4, -0.2) is 20.9 Å². The Morgan fingerprint density at radius 1 is 1.57 bits per heavy atom. The molecule has 0 bridgehead atoms. The number of hydrogen-bond acceptors (Lipinski definition) is 4. The van der Waals surface area contributed by atoms with E-state index in [1.165, 1.54) is 6.07 Å². The normalized spacial score (nSPS) is 11.4. The van der Waals surface area contributed by atoms with Crippen molar-refractivity contribution < 1.29 is 13.2 Å². The highest BCUT2D eigenvalue weighted by Crippen LogP contribution is 2.14. The second-order valence-corrected chi connectivity index (χ2v) is 5.49. The molecule has 0 saturated heterocycles. The van der Waals surface area contributed by atoms with Gasteiger partial charge in [-0.3, -0.25) is 4.79 Å². The van der Waals surface area contributed by atoms with Crippen LogP contribution in [0.2, 0.25) is 0 Å². The Kier molecular flexibility index (Phi) is 3.62. The molecular weight excluding hydrogens is 224 g/mol. The second-order valence-electron chi connectivity index (χ2n) is 2.55. The summed E-state index contributed by atoms with van der Waals surface area (Å²) in [7, 11) is -3.45. The summed E-state index contributed by atoms with van der Waals surface area (Å²) < 4.78 is 25.4. The molecule has 7 heteroatoms. The Bertz CT molecular complexity index is 397. The Morgan fingerprint density at radius 3 is 2.79 bits per heavy atom. The number of amides is 1. The van der Waals surface area contributed by atoms with E-state index < -0.39 is 15.9 Å². The number of hydrogen-bond donors (Lipinski definition) is 2. The van der Waals surface area contributed by atoms with Gasteiger partial charge >= 0.3 is 0 Å². The Hall–Kier alpha value is -0.920. The SMILES string of the molecule is NC(=O)CCNS(=O)(=O)c1cccs1. The molecule has 0 atom stereocenters. The summed E-state index contributed by atoms with van der Waals surface area (Å²) in [6.45, 7) is 0.0373. The van der Waals surface area contributed by atoms with Crippen LogP contribution in [-0.2, 0) is 14.8 Å². The van der Waals surface area contributed by atoms with Crippen molar-refractivity contribution in [2.45, 2.75) is 10.6 Å². The van der Waals surface area contributed by atoms with Crippen LogP contribution in [0.4, 0.5) is 0 Å². The van der Waals surface area contributed by atoms with Gasteiger partial charge in [-0.05, 0) is 11.4 Å². The van der Waals surface area contributed by atoms with Gasteiger partial charge in [0.25, 0.3) is 0 Å². The molecule has 1 heterocycles. The van der Waals surface area contributed by atoms with E-state index in [4.69, 9.17) is 5.73 Å². The second kappa shape index (κ2) is 4.54. The highest BCUT2D eigenvalue weighted by atomic mass is 32.2. The maximum atomic E-state index is 11.4. The van der Waals surface area contributed by atoms with Gasteiger partial charge in [0.15, 0.2) is 0 Å². The molecule has 0 saturated carbocycles. The molecular formula is C7H10N2O3S2. The van der Waals surface area contributed by atoms with Gasteiger partial charge < -0.3 is 5.73 Å². The number of sulfonamides is 1. The lowest BCUT2D eigenvalue weighted by Gasteiger charge is -2.01. The van der Waals surface area contributed by atoms with Gasteiger partial charge in [-0.15, -0.1) is 11.3 Å². The smallest absolute Gasteiger partial charge is 0.250 e. The maximum Gasteiger partial charge on any atom is 0.250 e. The molecule has 3 N–H and O–H groups in total. The van der Waals surface area contributed by atoms with Gasteiger partial charge in [-0.1, -0.05) is 6.07 Å². The minimum atomic E-state index is -3.45. The largest absolute Gasteiger partial charge is 0.370 e. The zero-order valence-electron chi connectivity index (χ0n) is 7.26. The van der Waals surface area contributed by atoms with Gasteiger partial charge in [-0.2, -0.15) is 0 Å². The number of nitrogens with two attached hydrogens (primary N) is 1. The van der Waals surface area contributed by atoms with Crippen LogP contribution in [0.5, 0.6) is 0 Å². The third-order valence-electron chi connectivity index (χ3n) is 1.42. The van der Waals surface area contributed by atoms with Gasteiger partial charge in [0.2, 0.25) is 15.9 Å². The van der Waals surface area contributed by atoms with Crippen molar-refractivity contribution in [2.24, 2.45) is 5.73 Å². The predicted octanol–water partition coefficient (Wildman–Crippen LogP) is -0.0982. The number of thiophene rings is 1. The van der Waals surface area contributed by atoms with E-state index in [0.29, 0.717) is 0 Å². The molecule has 0 unspecified atom stereocenters. The molecule has 0 spiro atoms. The number of carbonyl (C=O) groups excluding carboxylic acids is 1. The first kappa shape index (κ1) is 11.2. The van der Waals surface area contributed by atoms with Crippen molar-refractivity contribution in [2.75, 3.05) is 6.54 Å². The number of rotatable bonds is 5. The minimum Gasteiger partial charge on any atom is -0.370 e. The van der Waals surface area contributed by atoms with Crippen molar-refractivity contribution in [3.8, 4) is 0 Å². The molecule has 0 aliphatic carbocycles. The van der Waals surface area contributed by atoms with E-state index in [2.05, 4.69) is 4.72 Å². The summed E-state index contributed by atoms with van der Waals surface area (Å²) in [5, 5.41) is 1.67. The van der Waals surface area contributed by atoms with Crippen LogP contribution < -0.4 is 10.5 Å². The lowest BCUT2D eigenvalue weighted by molar-refractivity contribution is -0.117. The van der Waals surface area contributed by atoms with Crippen LogP contribution in [0.25, 0.3) is 0 Å². The zero-order chi connectivity index (χ0) is 10.6. The number of nitrogens with one attached hydrogen (secondary N) is 1. The van der Waals surface area contributed by atoms with Crippen molar-refractivity contribution in [1.29, 1.82) is 0 Å². The van der Waals surface area contributed by atoms with E-state index in [0.717, 1.165) is 11.3 Å².